The zero-order valence-electron chi connectivity index (χ0n) is 15.4. The third-order valence-corrected chi connectivity index (χ3v) is 5.23. The predicted molar refractivity (Wildman–Crippen MR) is 92.0 cm³/mol. The highest BCUT2D eigenvalue weighted by atomic mass is 32.2. The summed E-state index contributed by atoms with van der Waals surface area (Å²) in [5.74, 6) is -0.188. The van der Waals surface area contributed by atoms with Gasteiger partial charge in [0.1, 0.15) is 11.5 Å². The first kappa shape index (κ1) is 22.7. The van der Waals surface area contributed by atoms with Crippen LogP contribution in [0, 0.1) is 18.8 Å². The Morgan fingerprint density at radius 3 is 2.46 bits per heavy atom. The van der Waals surface area contributed by atoms with E-state index in [1.165, 1.54) is 6.26 Å². The average molecular weight is 428 g/mol. The molecule has 28 heavy (non-hydrogen) atoms. The number of carboxylic acid groups (broad SMARTS) is 1. The van der Waals surface area contributed by atoms with Crippen LogP contribution in [0.1, 0.15) is 11.5 Å². The van der Waals surface area contributed by atoms with Crippen molar-refractivity contribution in [2.24, 2.45) is 11.8 Å². The van der Waals surface area contributed by atoms with E-state index >= 15 is 0 Å². The summed E-state index contributed by atoms with van der Waals surface area (Å²) in [6.45, 7) is 5.68. The van der Waals surface area contributed by atoms with Crippen molar-refractivity contribution in [3.8, 4) is 0 Å². The molecule has 0 unspecified atom stereocenters. The van der Waals surface area contributed by atoms with E-state index in [9.17, 15) is 21.6 Å². The molecule has 0 aliphatic carbocycles. The molecule has 0 bridgehead atoms. The molecule has 2 aliphatic heterocycles. The number of likely N-dealkylation sites (tertiary alicyclic amines) is 1. The predicted octanol–water partition coefficient (Wildman–Crippen LogP) is 1.22. The minimum absolute atomic E-state index is 0.123. The first-order valence-corrected chi connectivity index (χ1v) is 10.4. The maximum atomic E-state index is 11.5. The van der Waals surface area contributed by atoms with Crippen LogP contribution in [0.2, 0.25) is 0 Å². The standard InChI is InChI=1S/C14H22N2O4S.C2HF3O2/c1-10-3-4-12(20-10)6-16-5-11-8-19-9-14(13(11)7-16)15-21(2,17)18;3-2(4,5)1(6)7/h3-4,11,13-15H,5-9H2,1-2H3;(H,6,7)/t11-,13-,14+;/m1./s1. The van der Waals surface area contributed by atoms with Gasteiger partial charge in [-0.2, -0.15) is 13.2 Å². The molecule has 2 saturated heterocycles. The van der Waals surface area contributed by atoms with Gasteiger partial charge in [-0.15, -0.1) is 0 Å². The molecule has 0 amide bonds. The lowest BCUT2D eigenvalue weighted by Gasteiger charge is -2.32. The molecule has 3 atom stereocenters. The van der Waals surface area contributed by atoms with Crippen molar-refractivity contribution >= 4 is 16.0 Å². The fraction of sp³-hybridized carbons (Fsp3) is 0.688. The Balaban J connectivity index is 0.000000345. The van der Waals surface area contributed by atoms with E-state index in [-0.39, 0.29) is 6.04 Å². The number of carbonyl (C=O) groups is 1. The Bertz CT molecular complexity index is 780. The van der Waals surface area contributed by atoms with Crippen LogP contribution in [-0.4, -0.2) is 69.2 Å². The number of hydrogen-bond donors (Lipinski definition) is 2. The summed E-state index contributed by atoms with van der Waals surface area (Å²) < 4.78 is 68.6. The number of alkyl halides is 3. The Hall–Kier alpha value is -1.63. The quantitative estimate of drug-likeness (QED) is 0.742. The number of nitrogens with zero attached hydrogens (tertiary/aromatic N) is 1. The molecule has 0 radical (unpaired) electrons. The topological polar surface area (TPSA) is 109 Å². The van der Waals surface area contributed by atoms with Crippen LogP contribution in [-0.2, 0) is 26.1 Å². The fourth-order valence-corrected chi connectivity index (χ4v) is 4.20. The molecule has 0 aromatic carbocycles. The molecule has 3 rings (SSSR count). The molecule has 3 heterocycles. The molecule has 2 fully saturated rings. The summed E-state index contributed by atoms with van der Waals surface area (Å²) in [6, 6.07) is 3.84. The molecule has 1 aromatic rings. The summed E-state index contributed by atoms with van der Waals surface area (Å²) in [5.41, 5.74) is 0. The first-order valence-electron chi connectivity index (χ1n) is 8.48. The smallest absolute Gasteiger partial charge is 0.475 e. The second kappa shape index (κ2) is 8.80. The zero-order chi connectivity index (χ0) is 21.1. The van der Waals surface area contributed by atoms with Gasteiger partial charge in [0.2, 0.25) is 10.0 Å². The molecular weight excluding hydrogens is 405 g/mol. The van der Waals surface area contributed by atoms with Crippen molar-refractivity contribution in [1.82, 2.24) is 9.62 Å². The number of aryl methyl sites for hydroxylation is 1. The molecule has 0 spiro atoms. The number of halogens is 3. The van der Waals surface area contributed by atoms with E-state index in [2.05, 4.69) is 9.62 Å². The zero-order valence-corrected chi connectivity index (χ0v) is 16.2. The number of hydrogen-bond acceptors (Lipinski definition) is 6. The van der Waals surface area contributed by atoms with Gasteiger partial charge >= 0.3 is 12.1 Å². The highest BCUT2D eigenvalue weighted by Gasteiger charge is 2.42. The number of rotatable bonds is 4. The van der Waals surface area contributed by atoms with Crippen molar-refractivity contribution in [3.05, 3.63) is 23.7 Å². The van der Waals surface area contributed by atoms with Crippen molar-refractivity contribution in [2.75, 3.05) is 32.6 Å². The Morgan fingerprint density at radius 1 is 1.32 bits per heavy atom. The first-order chi connectivity index (χ1) is 12.8. The number of sulfonamides is 1. The lowest BCUT2D eigenvalue weighted by atomic mass is 9.88. The van der Waals surface area contributed by atoms with Crippen molar-refractivity contribution in [1.29, 1.82) is 0 Å². The number of furan rings is 1. The van der Waals surface area contributed by atoms with Crippen LogP contribution in [0.4, 0.5) is 13.2 Å². The number of carboxylic acids is 1. The van der Waals surface area contributed by atoms with Gasteiger partial charge in [0.25, 0.3) is 0 Å². The molecule has 12 heteroatoms. The van der Waals surface area contributed by atoms with Crippen LogP contribution >= 0.6 is 0 Å². The highest BCUT2D eigenvalue weighted by molar-refractivity contribution is 7.88. The monoisotopic (exact) mass is 428 g/mol. The minimum atomic E-state index is -5.08. The Morgan fingerprint density at radius 2 is 1.96 bits per heavy atom. The van der Waals surface area contributed by atoms with Gasteiger partial charge in [-0.25, -0.2) is 17.9 Å². The number of nitrogens with one attached hydrogen (secondary N) is 1. The van der Waals surface area contributed by atoms with Crippen molar-refractivity contribution < 1.29 is 40.6 Å². The number of fused-ring (bicyclic) bond motifs is 1. The maximum absolute atomic E-state index is 11.5. The molecule has 1 aromatic heterocycles. The van der Waals surface area contributed by atoms with Crippen LogP contribution in [0.3, 0.4) is 0 Å². The van der Waals surface area contributed by atoms with E-state index in [1.807, 2.05) is 19.1 Å². The van der Waals surface area contributed by atoms with E-state index in [4.69, 9.17) is 19.1 Å². The molecule has 2 N–H and O–H groups in total. The summed E-state index contributed by atoms with van der Waals surface area (Å²) in [5, 5.41) is 7.12. The SMILES string of the molecule is Cc1ccc(CN2C[C@@H]3COC[C@H](NS(C)(=O)=O)[C@@H]3C2)o1.O=C(O)C(F)(F)F. The molecular formula is C16H23F3N2O6S. The van der Waals surface area contributed by atoms with E-state index in [1.54, 1.807) is 0 Å². The van der Waals surface area contributed by atoms with Gasteiger partial charge in [-0.3, -0.25) is 4.90 Å². The Labute approximate surface area is 160 Å². The van der Waals surface area contributed by atoms with E-state index in [0.29, 0.717) is 25.0 Å². The van der Waals surface area contributed by atoms with Gasteiger partial charge in [0.15, 0.2) is 0 Å². The second-order valence-corrected chi connectivity index (χ2v) is 8.75. The Kier molecular flexibility index (Phi) is 7.12. The minimum Gasteiger partial charge on any atom is -0.475 e. The van der Waals surface area contributed by atoms with Crippen molar-refractivity contribution in [2.45, 2.75) is 25.7 Å². The van der Waals surface area contributed by atoms with Gasteiger partial charge in [0.05, 0.1) is 26.0 Å². The average Bonchev–Trinajstić information content (AvgIpc) is 3.12. The van der Waals surface area contributed by atoms with E-state index in [0.717, 1.165) is 31.2 Å². The van der Waals surface area contributed by atoms with Gasteiger partial charge in [-0.05, 0) is 25.0 Å². The molecule has 0 saturated carbocycles. The van der Waals surface area contributed by atoms with Gasteiger partial charge < -0.3 is 14.3 Å². The van der Waals surface area contributed by atoms with Gasteiger partial charge in [-0.1, -0.05) is 0 Å². The summed E-state index contributed by atoms with van der Waals surface area (Å²) in [4.78, 5) is 11.2. The van der Waals surface area contributed by atoms with Crippen molar-refractivity contribution in [3.63, 3.8) is 0 Å². The molecule has 8 nitrogen and oxygen atoms in total. The summed E-state index contributed by atoms with van der Waals surface area (Å²) >= 11 is 0. The third kappa shape index (κ3) is 6.76. The maximum Gasteiger partial charge on any atom is 0.490 e. The van der Waals surface area contributed by atoms with E-state index < -0.39 is 22.2 Å². The number of aliphatic carboxylic acids is 1. The normalized spacial score (nSPS) is 25.7. The third-order valence-electron chi connectivity index (χ3n) is 4.50. The summed E-state index contributed by atoms with van der Waals surface area (Å²) in [7, 11) is -3.20. The lowest BCUT2D eigenvalue weighted by molar-refractivity contribution is -0.192. The molecule has 2 aliphatic rings. The van der Waals surface area contributed by atoms with Crippen LogP contribution in [0.5, 0.6) is 0 Å². The number of ether oxygens (including phenoxy) is 1. The fourth-order valence-electron chi connectivity index (χ4n) is 3.41. The van der Waals surface area contributed by atoms with Crippen LogP contribution in [0.25, 0.3) is 0 Å². The van der Waals surface area contributed by atoms with Gasteiger partial charge in [0, 0.05) is 25.0 Å². The highest BCUT2D eigenvalue weighted by Crippen LogP contribution is 2.31. The van der Waals surface area contributed by atoms with Crippen LogP contribution < -0.4 is 4.72 Å². The van der Waals surface area contributed by atoms with Crippen LogP contribution in [0.15, 0.2) is 16.5 Å². The molecule has 160 valence electrons. The second-order valence-electron chi connectivity index (χ2n) is 6.97. The summed E-state index contributed by atoms with van der Waals surface area (Å²) in [6.07, 6.45) is -3.88. The lowest BCUT2D eigenvalue weighted by Crippen LogP contribution is -2.49. The largest absolute Gasteiger partial charge is 0.490 e.